The van der Waals surface area contributed by atoms with Crippen LogP contribution < -0.4 is 0 Å². The van der Waals surface area contributed by atoms with Crippen molar-refractivity contribution in [3.05, 3.63) is 35.9 Å². The maximum atomic E-state index is 3.20. The topological polar surface area (TPSA) is 0 Å². The standard InChI is InChI=1S/C30H49IP6/c1-21(22-17-15-14-16-18-22)19-20-32-27(23(2,3)4)33-28(24(5,6)7)34-29(33,25(8,9)10)36(27)37(31)30(34,35(28)32)26(11,12)13/h14-18,21H,19-20H2,1-13H3/t21-,27?,28?,29?,30?,32?,33?,34?,35?,36?,37?/m0/s1. The first kappa shape index (κ1) is 29.6. The highest BCUT2D eigenvalue weighted by Crippen LogP contribution is 3.50. The molecular weight excluding hydrogens is 673 g/mol. The highest BCUT2D eigenvalue weighted by Gasteiger charge is 3.12. The highest BCUT2D eigenvalue weighted by atomic mass is 127. The molecule has 0 amide bonds. The Morgan fingerprint density at radius 2 is 1.08 bits per heavy atom. The second kappa shape index (κ2) is 8.16. The van der Waals surface area contributed by atoms with Gasteiger partial charge in [0.25, 0.3) is 0 Å². The van der Waals surface area contributed by atoms with Crippen molar-refractivity contribution in [2.45, 2.75) is 121 Å². The summed E-state index contributed by atoms with van der Waals surface area (Å²) in [7, 11) is 0.457. The molecule has 37 heavy (non-hydrogen) atoms. The minimum atomic E-state index is 0.0821. The van der Waals surface area contributed by atoms with Crippen molar-refractivity contribution >= 4 is 66.0 Å². The molecule has 0 aromatic heterocycles. The second-order valence-corrected chi connectivity index (χ2v) is 43.2. The molecule has 0 bridgehead atoms. The lowest BCUT2D eigenvalue weighted by atomic mass is 9.97. The lowest BCUT2D eigenvalue weighted by Crippen LogP contribution is -2.72. The summed E-state index contributed by atoms with van der Waals surface area (Å²) in [5.74, 6) is 0.693. The Balaban J connectivity index is 1.56. The highest BCUT2D eigenvalue weighted by molar-refractivity contribution is 14.2. The fourth-order valence-corrected chi connectivity index (χ4v) is 104. The molecule has 11 atom stereocenters. The van der Waals surface area contributed by atoms with E-state index in [2.05, 4.69) is 142 Å². The molecule has 0 N–H and O–H groups in total. The molecular formula is C30H49IP6. The molecule has 5 fully saturated rings. The maximum absolute atomic E-state index is 3.20. The van der Waals surface area contributed by atoms with E-state index in [1.165, 1.54) is 6.42 Å². The van der Waals surface area contributed by atoms with E-state index in [4.69, 9.17) is 0 Å². The number of rotatable bonds is 4. The van der Waals surface area contributed by atoms with Gasteiger partial charge >= 0.3 is 0 Å². The lowest BCUT2D eigenvalue weighted by Gasteiger charge is -2.90. The van der Waals surface area contributed by atoms with Crippen LogP contribution in [-0.2, 0) is 0 Å². The number of halogens is 1. The van der Waals surface area contributed by atoms with Crippen LogP contribution in [0.4, 0.5) is 0 Å². The molecule has 5 aliphatic rings. The van der Waals surface area contributed by atoms with E-state index in [1.807, 2.05) is 0 Å². The molecule has 5 heterocycles. The SMILES string of the molecule is C[C@@H](CCP1P2C3(C(C)(C)C)P(I)P4C1(C(C)(C)C)P1C2(C(C)(C)C)P3C41C(C)(C)C)c1ccccc1. The normalized spacial score (nSPS) is 48.3. The smallest absolute Gasteiger partial charge is 0.0555 e. The van der Waals surface area contributed by atoms with Crippen molar-refractivity contribution in [2.75, 3.05) is 6.16 Å². The average molecular weight is 722 g/mol. The van der Waals surface area contributed by atoms with Crippen LogP contribution in [0.15, 0.2) is 30.3 Å². The quantitative estimate of drug-likeness (QED) is 0.214. The molecule has 5 aliphatic heterocycles. The molecule has 7 heteroatoms. The van der Waals surface area contributed by atoms with Gasteiger partial charge in [0.15, 0.2) is 0 Å². The van der Waals surface area contributed by atoms with Crippen molar-refractivity contribution in [3.8, 4) is 0 Å². The first-order chi connectivity index (χ1) is 16.8. The van der Waals surface area contributed by atoms with E-state index in [9.17, 15) is 0 Å². The van der Waals surface area contributed by atoms with Crippen LogP contribution >= 0.6 is 66.0 Å². The van der Waals surface area contributed by atoms with Gasteiger partial charge in [-0.25, -0.2) is 0 Å². The predicted octanol–water partition coefficient (Wildman–Crippen LogP) is 14.1. The monoisotopic (exact) mass is 722 g/mol. The van der Waals surface area contributed by atoms with Crippen LogP contribution in [0, 0.1) is 21.7 Å². The summed E-state index contributed by atoms with van der Waals surface area (Å²) < 4.78 is 3.02. The average Bonchev–Trinajstić information content (AvgIpc) is 2.92. The van der Waals surface area contributed by atoms with E-state index in [1.54, 1.807) is 11.7 Å². The molecule has 1 aromatic carbocycles. The van der Waals surface area contributed by atoms with Crippen molar-refractivity contribution in [1.82, 2.24) is 0 Å². The van der Waals surface area contributed by atoms with Gasteiger partial charge in [0, 0.05) is 19.2 Å². The Bertz CT molecular complexity index is 1130. The van der Waals surface area contributed by atoms with Crippen molar-refractivity contribution in [3.63, 3.8) is 0 Å². The number of benzene rings is 1. The summed E-state index contributed by atoms with van der Waals surface area (Å²) in [5.41, 5.74) is 3.48. The summed E-state index contributed by atoms with van der Waals surface area (Å²) >= 11 is 3.20. The van der Waals surface area contributed by atoms with Gasteiger partial charge in [-0.1, -0.05) is 144 Å². The molecule has 0 spiro atoms. The molecule has 0 nitrogen and oxygen atoms in total. The third kappa shape index (κ3) is 2.80. The fourth-order valence-electron chi connectivity index (χ4n) is 9.09. The summed E-state index contributed by atoms with van der Waals surface area (Å²) in [6.45, 7) is 35.2. The van der Waals surface area contributed by atoms with Crippen LogP contribution in [0.5, 0.6) is 0 Å². The fraction of sp³-hybridized carbons (Fsp3) is 0.800. The van der Waals surface area contributed by atoms with Crippen LogP contribution in [-0.4, -0.2) is 24.7 Å². The molecule has 206 valence electrons. The van der Waals surface area contributed by atoms with Crippen LogP contribution in [0.1, 0.15) is 108 Å². The largest absolute Gasteiger partial charge is 0.0622 e. The van der Waals surface area contributed by atoms with Crippen LogP contribution in [0.2, 0.25) is 0 Å². The minimum Gasteiger partial charge on any atom is -0.0622 e. The van der Waals surface area contributed by atoms with Gasteiger partial charge in [-0.2, -0.15) is 0 Å². The Morgan fingerprint density at radius 3 is 1.54 bits per heavy atom. The molecule has 1 aromatic rings. The predicted molar refractivity (Wildman–Crippen MR) is 189 cm³/mol. The van der Waals surface area contributed by atoms with Crippen LogP contribution in [0.25, 0.3) is 0 Å². The summed E-state index contributed by atoms with van der Waals surface area (Å²) in [6, 6.07) is 11.5. The minimum absolute atomic E-state index is 0.0821. The van der Waals surface area contributed by atoms with Gasteiger partial charge in [0.05, 0.1) is 4.64 Å². The third-order valence-electron chi connectivity index (χ3n) is 10.3. The van der Waals surface area contributed by atoms with E-state index < -0.39 is 0 Å². The van der Waals surface area contributed by atoms with Gasteiger partial charge in [-0.05, 0) is 83.0 Å². The number of hydrogen-bond acceptors (Lipinski definition) is 0. The van der Waals surface area contributed by atoms with E-state index in [0.717, 1.165) is 18.6 Å². The summed E-state index contributed by atoms with van der Waals surface area (Å²) in [6.07, 6.45) is 2.98. The Kier molecular flexibility index (Phi) is 6.53. The molecule has 0 aliphatic carbocycles. The van der Waals surface area contributed by atoms with E-state index in [0.29, 0.717) is 27.6 Å². The third-order valence-corrected chi connectivity index (χ3v) is 64.3. The van der Waals surface area contributed by atoms with Crippen molar-refractivity contribution < 1.29 is 0 Å². The molecule has 10 unspecified atom stereocenters. The molecule has 5 saturated heterocycles. The van der Waals surface area contributed by atoms with Crippen molar-refractivity contribution in [1.29, 1.82) is 0 Å². The second-order valence-electron chi connectivity index (χ2n) is 16.3. The first-order valence-electron chi connectivity index (χ1n) is 14.3. The Morgan fingerprint density at radius 1 is 0.649 bits per heavy atom. The van der Waals surface area contributed by atoms with Gasteiger partial charge in [0.1, 0.15) is 0 Å². The number of hydrogen-bond donors (Lipinski definition) is 0. The molecule has 6 rings (SSSR count). The number of fused-ring (bicyclic) bond motifs is 2. The maximum Gasteiger partial charge on any atom is 0.0555 e. The first-order valence-corrected chi connectivity index (χ1v) is 26.7. The lowest BCUT2D eigenvalue weighted by molar-refractivity contribution is 0.323. The van der Waals surface area contributed by atoms with Crippen molar-refractivity contribution in [2.24, 2.45) is 21.7 Å². The van der Waals surface area contributed by atoms with Gasteiger partial charge in [0.2, 0.25) is 0 Å². The summed E-state index contributed by atoms with van der Waals surface area (Å²) in [4.78, 5) is 0. The zero-order chi connectivity index (χ0) is 27.6. The Labute approximate surface area is 249 Å². The molecule has 0 saturated carbocycles. The van der Waals surface area contributed by atoms with Gasteiger partial charge in [-0.15, -0.1) is 0 Å². The van der Waals surface area contributed by atoms with E-state index >= 15 is 0 Å². The summed E-state index contributed by atoms with van der Waals surface area (Å²) in [5, 5.41) is 0.0900. The van der Waals surface area contributed by atoms with Crippen LogP contribution in [0.3, 0.4) is 0 Å². The van der Waals surface area contributed by atoms with Gasteiger partial charge < -0.3 is 0 Å². The Hall–Kier alpha value is 2.53. The molecule has 0 radical (unpaired) electrons. The van der Waals surface area contributed by atoms with Gasteiger partial charge in [-0.3, -0.25) is 0 Å². The zero-order valence-corrected chi connectivity index (χ0v) is 33.0. The van der Waals surface area contributed by atoms with E-state index in [-0.39, 0.29) is 43.9 Å². The zero-order valence-electron chi connectivity index (χ0n) is 25.4.